The Morgan fingerprint density at radius 3 is 2.49 bits per heavy atom. The molecule has 0 radical (unpaired) electrons. The highest BCUT2D eigenvalue weighted by atomic mass is 32.2. The van der Waals surface area contributed by atoms with Gasteiger partial charge in [-0.15, -0.1) is 0 Å². The zero-order valence-corrected chi connectivity index (χ0v) is 30.5. The monoisotopic (exact) mass is 715 g/mol. The Labute approximate surface area is 298 Å². The number of amides is 3. The van der Waals surface area contributed by atoms with Crippen LogP contribution in [-0.4, -0.2) is 104 Å². The Morgan fingerprint density at radius 1 is 0.980 bits per heavy atom. The fourth-order valence-electron chi connectivity index (χ4n) is 10.5. The first kappa shape index (κ1) is 32.9. The van der Waals surface area contributed by atoms with Crippen molar-refractivity contribution in [3.63, 3.8) is 0 Å². The molecule has 1 aromatic heterocycles. The predicted octanol–water partition coefficient (Wildman–Crippen LogP) is 3.85. The standard InChI is InChI=1S/C38H45N5O7S/c1-23(44)43-18-36-17-41(20-38(36,43)22-50-21-36)35(46)37-16-30(37)29-15-26(49-4)11-13-27(29)33-32(24-8-6-5-7-9-24)28-12-10-25(14-31(28)42(33)19-37)34(45)39-51(47,48)40(2)3/h10-15,24,30H,5-9,16-22H2,1-4H3,(H,39,45)/t30-,36?,37-,38?/m0/s1. The molecule has 5 fully saturated rings. The van der Waals surface area contributed by atoms with Gasteiger partial charge in [-0.25, -0.2) is 4.72 Å². The van der Waals surface area contributed by atoms with Crippen molar-refractivity contribution in [3.8, 4) is 17.0 Å². The Kier molecular flexibility index (Phi) is 7.13. The highest BCUT2D eigenvalue weighted by molar-refractivity contribution is 7.87. The third-order valence-electron chi connectivity index (χ3n) is 13.2. The first-order valence-corrected chi connectivity index (χ1v) is 19.5. The topological polar surface area (TPSA) is 130 Å². The molecule has 0 spiro atoms. The maximum absolute atomic E-state index is 15.2. The van der Waals surface area contributed by atoms with Crippen molar-refractivity contribution in [1.29, 1.82) is 0 Å². The van der Waals surface area contributed by atoms with Gasteiger partial charge < -0.3 is 23.8 Å². The van der Waals surface area contributed by atoms with Crippen LogP contribution in [0.1, 0.15) is 78.8 Å². The second-order valence-corrected chi connectivity index (χ2v) is 18.0. The van der Waals surface area contributed by atoms with Gasteiger partial charge in [0.05, 0.1) is 42.4 Å². The van der Waals surface area contributed by atoms with E-state index in [2.05, 4.69) is 21.4 Å². The van der Waals surface area contributed by atoms with Gasteiger partial charge in [-0.3, -0.25) is 14.4 Å². The maximum atomic E-state index is 15.2. The molecule has 2 aromatic carbocycles. The Bertz CT molecular complexity index is 2140. The zero-order chi connectivity index (χ0) is 35.7. The number of hydrogen-bond acceptors (Lipinski definition) is 7. The molecular weight excluding hydrogens is 671 g/mol. The minimum Gasteiger partial charge on any atom is -0.497 e. The van der Waals surface area contributed by atoms with Gasteiger partial charge in [-0.05, 0) is 66.6 Å². The summed E-state index contributed by atoms with van der Waals surface area (Å²) in [6, 6.07) is 11.7. The number of nitrogens with one attached hydrogen (secondary N) is 1. The highest BCUT2D eigenvalue weighted by Crippen LogP contribution is 2.67. The molecule has 6 aliphatic rings. The van der Waals surface area contributed by atoms with E-state index in [0.29, 0.717) is 51.7 Å². The number of aromatic nitrogens is 1. The third-order valence-corrected chi connectivity index (χ3v) is 14.6. The number of ether oxygens (including phenoxy) is 2. The number of carbonyl (C=O) groups excluding carboxylic acids is 3. The number of likely N-dealkylation sites (tertiary alicyclic amines) is 2. The summed E-state index contributed by atoms with van der Waals surface area (Å²) >= 11 is 0. The van der Waals surface area contributed by atoms with E-state index in [1.54, 1.807) is 26.2 Å². The van der Waals surface area contributed by atoms with Gasteiger partial charge in [0.2, 0.25) is 11.8 Å². The van der Waals surface area contributed by atoms with Gasteiger partial charge >= 0.3 is 10.2 Å². The molecule has 3 amide bonds. The van der Waals surface area contributed by atoms with E-state index >= 15 is 4.79 Å². The maximum Gasteiger partial charge on any atom is 0.303 e. The lowest BCUT2D eigenvalue weighted by Crippen LogP contribution is -2.74. The minimum atomic E-state index is -4.00. The van der Waals surface area contributed by atoms with E-state index < -0.39 is 27.1 Å². The van der Waals surface area contributed by atoms with E-state index in [0.717, 1.165) is 63.5 Å². The molecule has 13 heteroatoms. The number of hydrogen-bond donors (Lipinski definition) is 1. The quantitative estimate of drug-likeness (QED) is 0.411. The van der Waals surface area contributed by atoms with Crippen molar-refractivity contribution in [3.05, 3.63) is 53.1 Å². The van der Waals surface area contributed by atoms with Gasteiger partial charge in [0.1, 0.15) is 5.75 Å². The molecule has 270 valence electrons. The number of carbonyl (C=O) groups is 3. The summed E-state index contributed by atoms with van der Waals surface area (Å²) in [5.74, 6) is 0.428. The van der Waals surface area contributed by atoms with Gasteiger partial charge in [-0.1, -0.05) is 25.3 Å². The van der Waals surface area contributed by atoms with Crippen molar-refractivity contribution in [2.45, 2.75) is 69.4 Å². The number of rotatable bonds is 6. The van der Waals surface area contributed by atoms with Crippen LogP contribution in [0.15, 0.2) is 36.4 Å². The normalized spacial score (nSPS) is 29.4. The predicted molar refractivity (Wildman–Crippen MR) is 190 cm³/mol. The van der Waals surface area contributed by atoms with Gasteiger partial charge in [0.25, 0.3) is 5.91 Å². The van der Waals surface area contributed by atoms with Crippen LogP contribution < -0.4 is 9.46 Å². The fraction of sp³-hybridized carbons (Fsp3) is 0.553. The molecule has 4 atom stereocenters. The molecule has 2 unspecified atom stereocenters. The molecule has 51 heavy (non-hydrogen) atoms. The number of nitrogens with zero attached hydrogens (tertiary/aromatic N) is 4. The van der Waals surface area contributed by atoms with Crippen LogP contribution in [0.4, 0.5) is 0 Å². The van der Waals surface area contributed by atoms with E-state index in [9.17, 15) is 18.0 Å². The van der Waals surface area contributed by atoms with Crippen molar-refractivity contribution in [2.24, 2.45) is 10.8 Å². The van der Waals surface area contributed by atoms with Crippen LogP contribution in [0.2, 0.25) is 0 Å². The molecule has 9 rings (SSSR count). The second kappa shape index (κ2) is 11.0. The van der Waals surface area contributed by atoms with E-state index in [4.69, 9.17) is 9.47 Å². The van der Waals surface area contributed by atoms with Crippen molar-refractivity contribution < 1.29 is 32.3 Å². The molecule has 4 aliphatic heterocycles. The molecule has 12 nitrogen and oxygen atoms in total. The van der Waals surface area contributed by atoms with Crippen LogP contribution >= 0.6 is 0 Å². The molecule has 1 N–H and O–H groups in total. The Hall–Kier alpha value is -3.94. The average molecular weight is 716 g/mol. The molecule has 3 aromatic rings. The first-order valence-electron chi connectivity index (χ1n) is 18.1. The third kappa shape index (κ3) is 4.49. The fourth-order valence-corrected chi connectivity index (χ4v) is 11.0. The molecular formula is C38H45N5O7S. The van der Waals surface area contributed by atoms with Crippen molar-refractivity contribution >= 4 is 38.8 Å². The highest BCUT2D eigenvalue weighted by Gasteiger charge is 2.75. The molecule has 3 saturated heterocycles. The summed E-state index contributed by atoms with van der Waals surface area (Å²) in [5, 5.41) is 1.04. The zero-order valence-electron chi connectivity index (χ0n) is 29.7. The Morgan fingerprint density at radius 2 is 1.76 bits per heavy atom. The van der Waals surface area contributed by atoms with Gasteiger partial charge in [0.15, 0.2) is 0 Å². The lowest BCUT2D eigenvalue weighted by atomic mass is 9.65. The lowest BCUT2D eigenvalue weighted by molar-refractivity contribution is -0.157. The number of methoxy groups -OCH3 is 1. The first-order chi connectivity index (χ1) is 24.3. The van der Waals surface area contributed by atoms with Crippen LogP contribution in [0.25, 0.3) is 22.2 Å². The largest absolute Gasteiger partial charge is 0.497 e. The minimum absolute atomic E-state index is 0.0142. The summed E-state index contributed by atoms with van der Waals surface area (Å²) in [7, 11) is 0.412. The van der Waals surface area contributed by atoms with E-state index in [1.807, 2.05) is 21.9 Å². The molecule has 2 saturated carbocycles. The number of fused-ring (bicyclic) bond motifs is 7. The Balaban J connectivity index is 1.20. The smallest absolute Gasteiger partial charge is 0.303 e. The van der Waals surface area contributed by atoms with E-state index in [-0.39, 0.29) is 28.7 Å². The average Bonchev–Trinajstić information content (AvgIpc) is 3.61. The van der Waals surface area contributed by atoms with Crippen molar-refractivity contribution in [2.75, 3.05) is 54.1 Å². The van der Waals surface area contributed by atoms with Crippen LogP contribution in [0.3, 0.4) is 0 Å². The van der Waals surface area contributed by atoms with Gasteiger partial charge in [-0.2, -0.15) is 12.7 Å². The van der Waals surface area contributed by atoms with Crippen LogP contribution in [0.5, 0.6) is 5.75 Å². The number of benzene rings is 2. The summed E-state index contributed by atoms with van der Waals surface area (Å²) in [4.78, 5) is 45.2. The van der Waals surface area contributed by atoms with Crippen LogP contribution in [0, 0.1) is 10.8 Å². The summed E-state index contributed by atoms with van der Waals surface area (Å²) in [6.45, 7) is 4.64. The lowest BCUT2D eigenvalue weighted by Gasteiger charge is -2.57. The van der Waals surface area contributed by atoms with Gasteiger partial charge in [0, 0.05) is 75.1 Å². The SMILES string of the molecule is COc1ccc2c(c1)[C@@H]1C[C@]1(C(=O)N1CC34COCC3(C1)N(C(C)=O)C4)Cn1c-2c(C2CCCCC2)c2ccc(C(=O)NS(=O)(=O)N(C)C)cc21. The summed E-state index contributed by atoms with van der Waals surface area (Å²) in [5.41, 5.74) is 4.12. The molecule has 5 heterocycles. The van der Waals surface area contributed by atoms with Crippen molar-refractivity contribution in [1.82, 2.24) is 23.4 Å². The summed E-state index contributed by atoms with van der Waals surface area (Å²) in [6.07, 6.45) is 6.27. The molecule has 0 bridgehead atoms. The summed E-state index contributed by atoms with van der Waals surface area (Å²) < 4.78 is 42.4. The second-order valence-electron chi connectivity index (χ2n) is 16.1. The molecule has 2 aliphatic carbocycles. The van der Waals surface area contributed by atoms with Crippen LogP contribution in [-0.2, 0) is 31.1 Å². The van der Waals surface area contributed by atoms with E-state index in [1.165, 1.54) is 26.1 Å².